The number of amides is 1. The Morgan fingerprint density at radius 1 is 1.45 bits per heavy atom. The smallest absolute Gasteiger partial charge is 0.471 e. The first-order valence-corrected chi connectivity index (χ1v) is 6.93. The standard InChI is InChI=1S/C14H16ClF3N2O2/c1-13(2)9-7(6-8(19)11(22-3)10(9)15)4-5-20(13)12(21)14(16,17)18/h6H,4-5,19H2,1-3H3. The molecule has 0 saturated heterocycles. The molecule has 0 unspecified atom stereocenters. The number of nitrogen functional groups attached to an aromatic ring is 1. The maximum Gasteiger partial charge on any atom is 0.471 e. The molecule has 2 rings (SSSR count). The van der Waals surface area contributed by atoms with Gasteiger partial charge in [-0.3, -0.25) is 4.79 Å². The van der Waals surface area contributed by atoms with Crippen LogP contribution in [0.15, 0.2) is 6.07 Å². The number of anilines is 1. The van der Waals surface area contributed by atoms with Crippen LogP contribution in [0, 0.1) is 0 Å². The van der Waals surface area contributed by atoms with Crippen molar-refractivity contribution in [3.8, 4) is 5.75 Å². The lowest BCUT2D eigenvalue weighted by atomic mass is 9.82. The summed E-state index contributed by atoms with van der Waals surface area (Å²) < 4.78 is 43.5. The van der Waals surface area contributed by atoms with Crippen molar-refractivity contribution in [3.05, 3.63) is 22.2 Å². The number of hydrogen-bond acceptors (Lipinski definition) is 3. The monoisotopic (exact) mass is 336 g/mol. The van der Waals surface area contributed by atoms with Gasteiger partial charge < -0.3 is 15.4 Å². The summed E-state index contributed by atoms with van der Waals surface area (Å²) >= 11 is 6.28. The molecular formula is C14H16ClF3N2O2. The molecule has 0 fully saturated rings. The fraction of sp³-hybridized carbons (Fsp3) is 0.500. The van der Waals surface area contributed by atoms with E-state index in [1.165, 1.54) is 21.0 Å². The Balaban J connectivity index is 2.61. The number of methoxy groups -OCH3 is 1. The van der Waals surface area contributed by atoms with Crippen LogP contribution in [0.25, 0.3) is 0 Å². The summed E-state index contributed by atoms with van der Waals surface area (Å²) in [7, 11) is 1.37. The minimum absolute atomic E-state index is 0.0551. The van der Waals surface area contributed by atoms with E-state index in [-0.39, 0.29) is 23.7 Å². The van der Waals surface area contributed by atoms with Crippen molar-refractivity contribution in [3.63, 3.8) is 0 Å². The minimum atomic E-state index is -4.93. The molecule has 0 aromatic heterocycles. The second-order valence-electron chi connectivity index (χ2n) is 5.61. The van der Waals surface area contributed by atoms with Gasteiger partial charge in [0.1, 0.15) is 0 Å². The van der Waals surface area contributed by atoms with Gasteiger partial charge in [0, 0.05) is 12.1 Å². The van der Waals surface area contributed by atoms with E-state index in [2.05, 4.69) is 0 Å². The first kappa shape index (κ1) is 16.7. The van der Waals surface area contributed by atoms with Crippen LogP contribution in [-0.4, -0.2) is 30.6 Å². The number of carbonyl (C=O) groups excluding carboxylic acids is 1. The van der Waals surface area contributed by atoms with Gasteiger partial charge in [0.05, 0.1) is 23.4 Å². The summed E-state index contributed by atoms with van der Waals surface area (Å²) in [5.74, 6) is -1.68. The highest BCUT2D eigenvalue weighted by molar-refractivity contribution is 6.33. The van der Waals surface area contributed by atoms with E-state index >= 15 is 0 Å². The molecule has 1 amide bonds. The maximum absolute atomic E-state index is 12.8. The summed E-state index contributed by atoms with van der Waals surface area (Å²) in [6, 6.07) is 1.64. The molecule has 0 atom stereocenters. The number of rotatable bonds is 1. The molecule has 4 nitrogen and oxygen atoms in total. The Morgan fingerprint density at radius 2 is 2.05 bits per heavy atom. The van der Waals surface area contributed by atoms with E-state index in [4.69, 9.17) is 22.1 Å². The Hall–Kier alpha value is -1.63. The zero-order valence-electron chi connectivity index (χ0n) is 12.3. The maximum atomic E-state index is 12.8. The van der Waals surface area contributed by atoms with Crippen LogP contribution < -0.4 is 10.5 Å². The van der Waals surface area contributed by atoms with Crippen molar-refractivity contribution in [2.45, 2.75) is 32.0 Å². The SMILES string of the molecule is COc1c(N)cc2c(c1Cl)C(C)(C)N(C(=O)C(F)(F)F)CC2. The lowest BCUT2D eigenvalue weighted by Crippen LogP contribution is -2.54. The zero-order valence-corrected chi connectivity index (χ0v) is 13.1. The molecule has 22 heavy (non-hydrogen) atoms. The molecular weight excluding hydrogens is 321 g/mol. The van der Waals surface area contributed by atoms with E-state index in [9.17, 15) is 18.0 Å². The highest BCUT2D eigenvalue weighted by Crippen LogP contribution is 2.46. The average molecular weight is 337 g/mol. The van der Waals surface area contributed by atoms with Crippen LogP contribution in [0.4, 0.5) is 18.9 Å². The molecule has 1 aromatic rings. The van der Waals surface area contributed by atoms with Crippen molar-refractivity contribution >= 4 is 23.2 Å². The number of benzene rings is 1. The third-order valence-electron chi connectivity index (χ3n) is 3.92. The van der Waals surface area contributed by atoms with Crippen LogP contribution in [0.2, 0.25) is 5.02 Å². The number of halogens is 4. The van der Waals surface area contributed by atoms with Crippen molar-refractivity contribution in [2.24, 2.45) is 0 Å². The van der Waals surface area contributed by atoms with Crippen molar-refractivity contribution in [2.75, 3.05) is 19.4 Å². The fourth-order valence-electron chi connectivity index (χ4n) is 2.93. The molecule has 0 spiro atoms. The van der Waals surface area contributed by atoms with E-state index in [1.54, 1.807) is 6.07 Å². The number of nitrogens with zero attached hydrogens (tertiary/aromatic N) is 1. The van der Waals surface area contributed by atoms with E-state index in [0.29, 0.717) is 11.3 Å². The fourth-order valence-corrected chi connectivity index (χ4v) is 3.47. The Morgan fingerprint density at radius 3 is 2.55 bits per heavy atom. The molecule has 0 aliphatic carbocycles. The van der Waals surface area contributed by atoms with Crippen molar-refractivity contribution in [1.29, 1.82) is 0 Å². The third kappa shape index (κ3) is 2.47. The summed E-state index contributed by atoms with van der Waals surface area (Å²) in [5.41, 5.74) is 6.09. The summed E-state index contributed by atoms with van der Waals surface area (Å²) in [4.78, 5) is 12.5. The third-order valence-corrected chi connectivity index (χ3v) is 4.28. The van der Waals surface area contributed by atoms with Crippen LogP contribution >= 0.6 is 11.6 Å². The van der Waals surface area contributed by atoms with Gasteiger partial charge in [0.2, 0.25) is 0 Å². The van der Waals surface area contributed by atoms with Crippen LogP contribution in [0.1, 0.15) is 25.0 Å². The largest absolute Gasteiger partial charge is 0.493 e. The van der Waals surface area contributed by atoms with Gasteiger partial charge in [-0.1, -0.05) is 11.6 Å². The molecule has 1 aliphatic heterocycles. The first-order chi connectivity index (χ1) is 10.0. The molecule has 2 N–H and O–H groups in total. The van der Waals surface area contributed by atoms with Crippen LogP contribution in [0.3, 0.4) is 0 Å². The molecule has 1 aromatic carbocycles. The average Bonchev–Trinajstić information content (AvgIpc) is 2.36. The first-order valence-electron chi connectivity index (χ1n) is 6.56. The molecule has 1 heterocycles. The number of hydrogen-bond donors (Lipinski definition) is 1. The molecule has 0 saturated carbocycles. The molecule has 0 bridgehead atoms. The number of fused-ring (bicyclic) bond motifs is 1. The Labute approximate surface area is 131 Å². The summed E-state index contributed by atoms with van der Waals surface area (Å²) in [5, 5.41) is 0.141. The Bertz CT molecular complexity index is 629. The predicted octanol–water partition coefficient (Wildman–Crippen LogP) is 3.11. The minimum Gasteiger partial charge on any atom is -0.493 e. The van der Waals surface area contributed by atoms with Gasteiger partial charge in [0.15, 0.2) is 5.75 Å². The molecule has 8 heteroatoms. The van der Waals surface area contributed by atoms with Gasteiger partial charge in [0.25, 0.3) is 0 Å². The topological polar surface area (TPSA) is 55.6 Å². The molecule has 1 aliphatic rings. The lowest BCUT2D eigenvalue weighted by molar-refractivity contribution is -0.191. The zero-order chi connectivity index (χ0) is 16.9. The second kappa shape index (κ2) is 5.22. The summed E-state index contributed by atoms with van der Waals surface area (Å²) in [6.07, 6.45) is -4.69. The van der Waals surface area contributed by atoms with Crippen LogP contribution in [0.5, 0.6) is 5.75 Å². The molecule has 122 valence electrons. The van der Waals surface area contributed by atoms with Gasteiger partial charge in [-0.2, -0.15) is 13.2 Å². The Kier molecular flexibility index (Phi) is 3.97. The number of carbonyl (C=O) groups is 1. The number of nitrogens with two attached hydrogens (primary N) is 1. The van der Waals surface area contributed by atoms with Crippen molar-refractivity contribution in [1.82, 2.24) is 4.90 Å². The highest BCUT2D eigenvalue weighted by Gasteiger charge is 2.50. The van der Waals surface area contributed by atoms with E-state index in [1.807, 2.05) is 0 Å². The quantitative estimate of drug-likeness (QED) is 0.802. The number of ether oxygens (including phenoxy) is 1. The lowest BCUT2D eigenvalue weighted by Gasteiger charge is -2.44. The van der Waals surface area contributed by atoms with E-state index in [0.717, 1.165) is 10.5 Å². The van der Waals surface area contributed by atoms with E-state index < -0.39 is 17.6 Å². The number of alkyl halides is 3. The van der Waals surface area contributed by atoms with Gasteiger partial charge in [-0.05, 0) is 31.9 Å². The van der Waals surface area contributed by atoms with Crippen molar-refractivity contribution < 1.29 is 22.7 Å². The predicted molar refractivity (Wildman–Crippen MR) is 76.9 cm³/mol. The molecule has 0 radical (unpaired) electrons. The van der Waals surface area contributed by atoms with Gasteiger partial charge in [-0.15, -0.1) is 0 Å². The van der Waals surface area contributed by atoms with Crippen LogP contribution in [-0.2, 0) is 16.8 Å². The van der Waals surface area contributed by atoms with Gasteiger partial charge in [-0.25, -0.2) is 0 Å². The summed E-state index contributed by atoms with van der Waals surface area (Å²) in [6.45, 7) is 2.99. The van der Waals surface area contributed by atoms with Gasteiger partial charge >= 0.3 is 12.1 Å². The highest BCUT2D eigenvalue weighted by atomic mass is 35.5. The normalized spacial score (nSPS) is 17.1. The second-order valence-corrected chi connectivity index (χ2v) is 5.99.